The summed E-state index contributed by atoms with van der Waals surface area (Å²) in [6, 6.07) is 23.9. The van der Waals surface area contributed by atoms with Crippen LogP contribution < -0.4 is 10.2 Å². The van der Waals surface area contributed by atoms with E-state index in [1.807, 2.05) is 0 Å². The number of hydrogen-bond acceptors (Lipinski definition) is 2. The minimum atomic E-state index is 0.153. The summed E-state index contributed by atoms with van der Waals surface area (Å²) in [5, 5.41) is 3.62. The van der Waals surface area contributed by atoms with Gasteiger partial charge in [-0.1, -0.05) is 60.7 Å². The quantitative estimate of drug-likeness (QED) is 0.645. The summed E-state index contributed by atoms with van der Waals surface area (Å²) >= 11 is 0. The Morgan fingerprint density at radius 3 is 2.24 bits per heavy atom. The molecule has 0 saturated heterocycles. The average Bonchev–Trinajstić information content (AvgIpc) is 3.07. The number of benzene rings is 3. The molecular weight excluding hydrogens is 304 g/mol. The number of rotatable bonds is 1. The van der Waals surface area contributed by atoms with Crippen molar-refractivity contribution in [1.29, 1.82) is 0 Å². The van der Waals surface area contributed by atoms with Crippen molar-refractivity contribution in [3.63, 3.8) is 0 Å². The summed E-state index contributed by atoms with van der Waals surface area (Å²) in [7, 11) is 0. The SMILES string of the molecule is Cc1cccc(C)c1C1=CNC2c3ccccc3-c3ccccc3N12. The first-order valence-electron chi connectivity index (χ1n) is 8.76. The van der Waals surface area contributed by atoms with Gasteiger partial charge in [0.2, 0.25) is 0 Å². The lowest BCUT2D eigenvalue weighted by Gasteiger charge is -2.37. The standard InChI is InChI=1S/C23H20N2/c1-15-8-7-9-16(2)22(15)21-14-24-23-19-12-4-3-10-17(19)18-11-5-6-13-20(18)25(21)23/h3-14,23-24H,1-2H3. The fraction of sp³-hybridized carbons (Fsp3) is 0.130. The highest BCUT2D eigenvalue weighted by molar-refractivity contribution is 5.95. The van der Waals surface area contributed by atoms with Crippen molar-refractivity contribution in [3.05, 3.63) is 95.2 Å². The van der Waals surface area contributed by atoms with Crippen molar-refractivity contribution in [1.82, 2.24) is 5.32 Å². The first kappa shape index (κ1) is 14.4. The Bertz CT molecular complexity index is 996. The van der Waals surface area contributed by atoms with Crippen LogP contribution >= 0.6 is 0 Å². The molecule has 0 saturated carbocycles. The van der Waals surface area contributed by atoms with E-state index in [2.05, 4.69) is 97.0 Å². The monoisotopic (exact) mass is 324 g/mol. The van der Waals surface area contributed by atoms with E-state index in [9.17, 15) is 0 Å². The molecule has 2 heteroatoms. The molecule has 2 nitrogen and oxygen atoms in total. The molecule has 0 amide bonds. The number of anilines is 1. The Hall–Kier alpha value is -3.00. The summed E-state index contributed by atoms with van der Waals surface area (Å²) < 4.78 is 0. The van der Waals surface area contributed by atoms with Gasteiger partial charge in [0.15, 0.2) is 0 Å². The molecule has 1 N–H and O–H groups in total. The highest BCUT2D eigenvalue weighted by Crippen LogP contribution is 2.49. The number of fused-ring (bicyclic) bond motifs is 6. The summed E-state index contributed by atoms with van der Waals surface area (Å²) in [5.41, 5.74) is 10.4. The zero-order valence-electron chi connectivity index (χ0n) is 14.5. The number of nitrogens with zero attached hydrogens (tertiary/aromatic N) is 1. The van der Waals surface area contributed by atoms with Crippen LogP contribution in [0.3, 0.4) is 0 Å². The van der Waals surface area contributed by atoms with Crippen LogP contribution in [0.2, 0.25) is 0 Å². The highest BCUT2D eigenvalue weighted by atomic mass is 15.3. The zero-order chi connectivity index (χ0) is 17.0. The molecule has 0 aliphatic carbocycles. The van der Waals surface area contributed by atoms with Gasteiger partial charge in [0.05, 0.1) is 11.4 Å². The van der Waals surface area contributed by atoms with E-state index in [1.165, 1.54) is 44.8 Å². The molecule has 2 aliphatic heterocycles. The summed E-state index contributed by atoms with van der Waals surface area (Å²) in [6.45, 7) is 4.39. The van der Waals surface area contributed by atoms with Gasteiger partial charge in [-0.15, -0.1) is 0 Å². The molecule has 2 aliphatic rings. The molecule has 0 fully saturated rings. The summed E-state index contributed by atoms with van der Waals surface area (Å²) in [6.07, 6.45) is 2.33. The van der Waals surface area contributed by atoms with Gasteiger partial charge in [-0.05, 0) is 36.6 Å². The maximum absolute atomic E-state index is 3.62. The van der Waals surface area contributed by atoms with E-state index >= 15 is 0 Å². The van der Waals surface area contributed by atoms with Gasteiger partial charge in [0.1, 0.15) is 6.17 Å². The molecule has 3 aromatic rings. The van der Waals surface area contributed by atoms with Crippen LogP contribution in [0.15, 0.2) is 72.9 Å². The molecule has 0 radical (unpaired) electrons. The maximum atomic E-state index is 3.62. The van der Waals surface area contributed by atoms with Crippen molar-refractivity contribution in [2.24, 2.45) is 0 Å². The van der Waals surface area contributed by atoms with Gasteiger partial charge in [-0.3, -0.25) is 0 Å². The van der Waals surface area contributed by atoms with Crippen molar-refractivity contribution in [2.75, 3.05) is 4.90 Å². The predicted octanol–water partition coefficient (Wildman–Crippen LogP) is 5.39. The molecule has 122 valence electrons. The largest absolute Gasteiger partial charge is 0.365 e. The van der Waals surface area contributed by atoms with Crippen LogP contribution in [0.5, 0.6) is 0 Å². The molecule has 5 rings (SSSR count). The first-order valence-corrected chi connectivity index (χ1v) is 8.76. The molecule has 0 spiro atoms. The Labute approximate surface area is 148 Å². The fourth-order valence-corrected chi connectivity index (χ4v) is 4.24. The van der Waals surface area contributed by atoms with Crippen LogP contribution in [0, 0.1) is 13.8 Å². The van der Waals surface area contributed by atoms with Crippen molar-refractivity contribution < 1.29 is 0 Å². The average molecular weight is 324 g/mol. The Balaban J connectivity index is 1.75. The molecule has 1 unspecified atom stereocenters. The van der Waals surface area contributed by atoms with E-state index in [-0.39, 0.29) is 6.17 Å². The third-order valence-corrected chi connectivity index (χ3v) is 5.34. The summed E-state index contributed by atoms with van der Waals surface area (Å²) in [4.78, 5) is 2.45. The maximum Gasteiger partial charge on any atom is 0.130 e. The Kier molecular flexibility index (Phi) is 3.01. The molecule has 3 aromatic carbocycles. The smallest absolute Gasteiger partial charge is 0.130 e. The second-order valence-corrected chi connectivity index (χ2v) is 6.84. The molecular formula is C23H20N2. The first-order chi connectivity index (χ1) is 12.3. The van der Waals surface area contributed by atoms with Gasteiger partial charge in [-0.25, -0.2) is 0 Å². The number of aryl methyl sites for hydroxylation is 2. The van der Waals surface area contributed by atoms with Gasteiger partial charge in [0.25, 0.3) is 0 Å². The van der Waals surface area contributed by atoms with E-state index in [1.54, 1.807) is 0 Å². The van der Waals surface area contributed by atoms with Crippen molar-refractivity contribution in [3.8, 4) is 11.1 Å². The molecule has 25 heavy (non-hydrogen) atoms. The third kappa shape index (κ3) is 1.97. The lowest BCUT2D eigenvalue weighted by molar-refractivity contribution is 0.666. The van der Waals surface area contributed by atoms with Crippen LogP contribution in [0.25, 0.3) is 16.8 Å². The van der Waals surface area contributed by atoms with E-state index in [0.29, 0.717) is 0 Å². The molecule has 0 aromatic heterocycles. The molecule has 0 bridgehead atoms. The van der Waals surface area contributed by atoms with Crippen molar-refractivity contribution >= 4 is 11.4 Å². The van der Waals surface area contributed by atoms with Crippen LogP contribution in [0.4, 0.5) is 5.69 Å². The molecule has 1 atom stereocenters. The van der Waals surface area contributed by atoms with Gasteiger partial charge in [-0.2, -0.15) is 0 Å². The second kappa shape index (κ2) is 5.25. The van der Waals surface area contributed by atoms with E-state index in [4.69, 9.17) is 0 Å². The minimum absolute atomic E-state index is 0.153. The lowest BCUT2D eigenvalue weighted by atomic mass is 9.90. The van der Waals surface area contributed by atoms with E-state index < -0.39 is 0 Å². The minimum Gasteiger partial charge on any atom is -0.365 e. The van der Waals surface area contributed by atoms with Crippen LogP contribution in [0.1, 0.15) is 28.4 Å². The Morgan fingerprint density at radius 1 is 0.760 bits per heavy atom. The third-order valence-electron chi connectivity index (χ3n) is 5.34. The topological polar surface area (TPSA) is 15.3 Å². The van der Waals surface area contributed by atoms with Gasteiger partial charge in [0, 0.05) is 22.9 Å². The van der Waals surface area contributed by atoms with Gasteiger partial charge >= 0.3 is 0 Å². The fourth-order valence-electron chi connectivity index (χ4n) is 4.24. The normalized spacial score (nSPS) is 17.3. The van der Waals surface area contributed by atoms with Crippen LogP contribution in [-0.4, -0.2) is 0 Å². The van der Waals surface area contributed by atoms with Crippen molar-refractivity contribution in [2.45, 2.75) is 20.0 Å². The van der Waals surface area contributed by atoms with Crippen LogP contribution in [-0.2, 0) is 0 Å². The number of para-hydroxylation sites is 1. The Morgan fingerprint density at radius 2 is 1.44 bits per heavy atom. The highest BCUT2D eigenvalue weighted by Gasteiger charge is 2.36. The predicted molar refractivity (Wildman–Crippen MR) is 104 cm³/mol. The van der Waals surface area contributed by atoms with E-state index in [0.717, 1.165) is 0 Å². The zero-order valence-corrected chi connectivity index (χ0v) is 14.5. The summed E-state index contributed by atoms with van der Waals surface area (Å²) in [5.74, 6) is 0. The number of hydrogen-bond donors (Lipinski definition) is 1. The second-order valence-electron chi connectivity index (χ2n) is 6.84. The lowest BCUT2D eigenvalue weighted by Crippen LogP contribution is -2.32. The van der Waals surface area contributed by atoms with Gasteiger partial charge < -0.3 is 10.2 Å². The number of nitrogens with one attached hydrogen (secondary N) is 1. The molecule has 2 heterocycles.